The second-order valence-electron chi connectivity index (χ2n) is 8.23. The summed E-state index contributed by atoms with van der Waals surface area (Å²) in [6.45, 7) is 6.46. The van der Waals surface area contributed by atoms with E-state index in [-0.39, 0.29) is 30.8 Å². The van der Waals surface area contributed by atoms with Crippen molar-refractivity contribution >= 4 is 29.7 Å². The molecule has 0 saturated carbocycles. The van der Waals surface area contributed by atoms with E-state index in [0.29, 0.717) is 12.8 Å². The normalized spacial score (nSPS) is 15.5. The van der Waals surface area contributed by atoms with Gasteiger partial charge in [-0.15, -0.1) is 0 Å². The number of aliphatic imine (C=N–C) groups is 1. The van der Waals surface area contributed by atoms with Crippen LogP contribution in [0.4, 0.5) is 0 Å². The highest BCUT2D eigenvalue weighted by Crippen LogP contribution is 2.10. The number of carboxylic acid groups (broad SMARTS) is 1. The fourth-order valence-electron chi connectivity index (χ4n) is 2.75. The number of aliphatic carboxylic acids is 1. The monoisotopic (exact) mass is 473 g/mol. The number of carboxylic acids is 1. The molecule has 0 saturated heterocycles. The van der Waals surface area contributed by atoms with Gasteiger partial charge in [0.2, 0.25) is 17.7 Å². The Morgan fingerprint density at radius 2 is 1.52 bits per heavy atom. The van der Waals surface area contributed by atoms with Crippen LogP contribution in [-0.4, -0.2) is 77.2 Å². The summed E-state index contributed by atoms with van der Waals surface area (Å²) >= 11 is 0. The lowest BCUT2D eigenvalue weighted by Crippen LogP contribution is -2.59. The van der Waals surface area contributed by atoms with Gasteiger partial charge in [-0.05, 0) is 24.7 Å². The molecule has 5 unspecified atom stereocenters. The van der Waals surface area contributed by atoms with E-state index in [2.05, 4.69) is 20.9 Å². The van der Waals surface area contributed by atoms with Gasteiger partial charge in [0.05, 0.1) is 12.6 Å². The molecule has 33 heavy (non-hydrogen) atoms. The van der Waals surface area contributed by atoms with Crippen LogP contribution in [0.5, 0.6) is 0 Å². The maximum absolute atomic E-state index is 13.0. The van der Waals surface area contributed by atoms with Crippen molar-refractivity contribution in [2.24, 2.45) is 34.0 Å². The Balaban J connectivity index is 5.57. The second-order valence-corrected chi connectivity index (χ2v) is 8.23. The number of guanidine groups is 1. The first-order valence-electron chi connectivity index (χ1n) is 10.9. The average molecular weight is 474 g/mol. The van der Waals surface area contributed by atoms with Crippen LogP contribution in [0.1, 0.15) is 47.0 Å². The van der Waals surface area contributed by atoms with Crippen LogP contribution in [-0.2, 0) is 19.2 Å². The molecule has 11 N–H and O–H groups in total. The van der Waals surface area contributed by atoms with Crippen molar-refractivity contribution in [2.75, 3.05) is 13.2 Å². The fourth-order valence-corrected chi connectivity index (χ4v) is 2.75. The fraction of sp³-hybridized carbons (Fsp3) is 0.750. The van der Waals surface area contributed by atoms with Gasteiger partial charge in [-0.2, -0.15) is 0 Å². The molecule has 13 heteroatoms. The molecular weight excluding hydrogens is 434 g/mol. The Labute approximate surface area is 193 Å². The Morgan fingerprint density at radius 1 is 0.939 bits per heavy atom. The Morgan fingerprint density at radius 3 is 1.97 bits per heavy atom. The van der Waals surface area contributed by atoms with E-state index in [1.165, 1.54) is 0 Å². The van der Waals surface area contributed by atoms with Crippen LogP contribution in [0.15, 0.2) is 4.99 Å². The van der Waals surface area contributed by atoms with Crippen molar-refractivity contribution in [3.05, 3.63) is 0 Å². The zero-order valence-electron chi connectivity index (χ0n) is 19.7. The van der Waals surface area contributed by atoms with E-state index in [0.717, 1.165) is 0 Å². The smallest absolute Gasteiger partial charge is 0.328 e. The number of hydrogen-bond donors (Lipinski definition) is 8. The maximum Gasteiger partial charge on any atom is 0.328 e. The van der Waals surface area contributed by atoms with Crippen LogP contribution in [0.3, 0.4) is 0 Å². The number of nitrogens with zero attached hydrogens (tertiary/aromatic N) is 1. The first-order valence-corrected chi connectivity index (χ1v) is 10.9. The molecule has 0 rings (SSSR count). The number of rotatable bonds is 15. The number of aliphatic hydroxyl groups excluding tert-OH is 1. The number of nitrogens with two attached hydrogens (primary N) is 3. The molecule has 0 aliphatic rings. The minimum Gasteiger partial charge on any atom is -0.480 e. The summed E-state index contributed by atoms with van der Waals surface area (Å²) in [7, 11) is 0. The quantitative estimate of drug-likeness (QED) is 0.0717. The molecule has 0 bridgehead atoms. The SMILES string of the molecule is CCC(C)C(NC(=O)C(CCCN=C(N)N)NC(=O)C(N)C(C)C)C(=O)NC(CO)C(=O)O. The number of aliphatic hydroxyl groups is 1. The van der Waals surface area contributed by atoms with Crippen LogP contribution in [0, 0.1) is 11.8 Å². The molecule has 0 aromatic carbocycles. The lowest BCUT2D eigenvalue weighted by atomic mass is 9.97. The molecule has 0 aliphatic heterocycles. The predicted octanol–water partition coefficient (Wildman–Crippen LogP) is -2.40. The number of nitrogens with one attached hydrogen (secondary N) is 3. The zero-order valence-corrected chi connectivity index (χ0v) is 19.7. The van der Waals surface area contributed by atoms with Gasteiger partial charge in [-0.25, -0.2) is 4.79 Å². The van der Waals surface area contributed by atoms with Crippen molar-refractivity contribution in [2.45, 2.75) is 71.1 Å². The lowest BCUT2D eigenvalue weighted by Gasteiger charge is -2.28. The van der Waals surface area contributed by atoms with E-state index in [1.807, 2.05) is 0 Å². The van der Waals surface area contributed by atoms with Gasteiger partial charge in [-0.1, -0.05) is 34.1 Å². The first-order chi connectivity index (χ1) is 15.3. The number of carbonyl (C=O) groups is 4. The summed E-state index contributed by atoms with van der Waals surface area (Å²) in [5.74, 6) is -3.97. The van der Waals surface area contributed by atoms with E-state index in [9.17, 15) is 24.3 Å². The van der Waals surface area contributed by atoms with Gasteiger partial charge < -0.3 is 43.4 Å². The minimum absolute atomic E-state index is 0.104. The summed E-state index contributed by atoms with van der Waals surface area (Å²) in [4.78, 5) is 53.1. The third kappa shape index (κ3) is 11.0. The van der Waals surface area contributed by atoms with Crippen LogP contribution >= 0.6 is 0 Å². The number of carbonyl (C=O) groups excluding carboxylic acids is 3. The van der Waals surface area contributed by atoms with E-state index in [4.69, 9.17) is 22.3 Å². The summed E-state index contributed by atoms with van der Waals surface area (Å²) < 4.78 is 0. The zero-order chi connectivity index (χ0) is 25.7. The average Bonchev–Trinajstić information content (AvgIpc) is 2.75. The molecule has 0 fully saturated rings. The molecule has 0 aromatic heterocycles. The van der Waals surface area contributed by atoms with Gasteiger partial charge in [0.25, 0.3) is 0 Å². The molecule has 190 valence electrons. The Kier molecular flexibility index (Phi) is 13.7. The molecule has 0 aromatic rings. The van der Waals surface area contributed by atoms with Crippen molar-refractivity contribution in [3.63, 3.8) is 0 Å². The van der Waals surface area contributed by atoms with Crippen molar-refractivity contribution in [1.29, 1.82) is 0 Å². The van der Waals surface area contributed by atoms with Crippen molar-refractivity contribution in [3.8, 4) is 0 Å². The highest BCUT2D eigenvalue weighted by molar-refractivity contribution is 5.94. The van der Waals surface area contributed by atoms with Crippen molar-refractivity contribution in [1.82, 2.24) is 16.0 Å². The molecule has 3 amide bonds. The standard InChI is InChI=1S/C20H39N7O6/c1-5-11(4)15(18(31)26-13(9-28)19(32)33)27-16(29)12(7-6-8-24-20(22)23)25-17(30)14(21)10(2)3/h10-15,28H,5-9,21H2,1-4H3,(H,25,30)(H,26,31)(H,27,29)(H,32,33)(H4,22,23,24). The molecular formula is C20H39N7O6. The minimum atomic E-state index is -1.51. The van der Waals surface area contributed by atoms with E-state index < -0.39 is 54.5 Å². The third-order valence-corrected chi connectivity index (χ3v) is 5.19. The van der Waals surface area contributed by atoms with Crippen LogP contribution in [0.2, 0.25) is 0 Å². The van der Waals surface area contributed by atoms with Crippen molar-refractivity contribution < 1.29 is 29.4 Å². The predicted molar refractivity (Wildman–Crippen MR) is 123 cm³/mol. The summed E-state index contributed by atoms with van der Waals surface area (Å²) in [5.41, 5.74) is 16.5. The van der Waals surface area contributed by atoms with Gasteiger partial charge in [0.15, 0.2) is 5.96 Å². The highest BCUT2D eigenvalue weighted by Gasteiger charge is 2.32. The molecule has 13 nitrogen and oxygen atoms in total. The lowest BCUT2D eigenvalue weighted by molar-refractivity contribution is -0.143. The van der Waals surface area contributed by atoms with E-state index in [1.54, 1.807) is 27.7 Å². The van der Waals surface area contributed by atoms with E-state index >= 15 is 0 Å². The summed E-state index contributed by atoms with van der Waals surface area (Å²) in [5, 5.41) is 25.7. The number of hydrogen-bond acceptors (Lipinski definition) is 7. The van der Waals surface area contributed by atoms with Gasteiger partial charge in [0.1, 0.15) is 18.1 Å². The maximum atomic E-state index is 13.0. The van der Waals surface area contributed by atoms with Gasteiger partial charge in [0, 0.05) is 6.54 Å². The van der Waals surface area contributed by atoms with Crippen LogP contribution in [0.25, 0.3) is 0 Å². The molecule has 0 radical (unpaired) electrons. The summed E-state index contributed by atoms with van der Waals surface area (Å²) in [6.07, 6.45) is 1.02. The highest BCUT2D eigenvalue weighted by atomic mass is 16.4. The molecule has 0 aliphatic carbocycles. The molecule has 0 heterocycles. The third-order valence-electron chi connectivity index (χ3n) is 5.19. The largest absolute Gasteiger partial charge is 0.480 e. The van der Waals surface area contributed by atoms with Gasteiger partial charge in [-0.3, -0.25) is 19.4 Å². The number of amides is 3. The second kappa shape index (κ2) is 15.0. The Hall–Kier alpha value is -2.93. The Bertz CT molecular complexity index is 696. The van der Waals surface area contributed by atoms with Crippen LogP contribution < -0.4 is 33.2 Å². The topological polar surface area (TPSA) is 235 Å². The molecule has 0 spiro atoms. The summed E-state index contributed by atoms with van der Waals surface area (Å²) in [6, 6.07) is -4.47. The molecule has 5 atom stereocenters. The first kappa shape index (κ1) is 30.1. The van der Waals surface area contributed by atoms with Gasteiger partial charge >= 0.3 is 5.97 Å².